The van der Waals surface area contributed by atoms with E-state index < -0.39 is 41.0 Å². The maximum Gasteiger partial charge on any atom is 0.315 e. The van der Waals surface area contributed by atoms with Gasteiger partial charge in [-0.25, -0.2) is 18.0 Å². The Kier molecular flexibility index (Phi) is 11.1. The SMILES string of the molecule is CNC[C@H](CC1CCCCC1)C1C([C@@](O)(CCCCOC)c2cc(F)cc(F)c2F)CCCN1C(N)=O. The normalized spacial score (nSPS) is 23.6. The Hall–Kier alpha value is -1.84. The summed E-state index contributed by atoms with van der Waals surface area (Å²) in [4.78, 5) is 14.3. The van der Waals surface area contributed by atoms with Crippen molar-refractivity contribution < 1.29 is 27.8 Å². The number of primary amides is 1. The average molecular weight is 528 g/mol. The molecule has 0 bridgehead atoms. The monoisotopic (exact) mass is 527 g/mol. The summed E-state index contributed by atoms with van der Waals surface area (Å²) in [7, 11) is 3.42. The largest absolute Gasteiger partial charge is 0.385 e. The summed E-state index contributed by atoms with van der Waals surface area (Å²) in [5, 5.41) is 15.6. The van der Waals surface area contributed by atoms with Crippen molar-refractivity contribution in [2.24, 2.45) is 23.5 Å². The van der Waals surface area contributed by atoms with E-state index >= 15 is 4.39 Å². The van der Waals surface area contributed by atoms with E-state index in [1.165, 1.54) is 19.3 Å². The summed E-state index contributed by atoms with van der Waals surface area (Å²) in [6.07, 6.45) is 8.79. The van der Waals surface area contributed by atoms with E-state index in [2.05, 4.69) is 5.32 Å². The van der Waals surface area contributed by atoms with E-state index in [0.29, 0.717) is 57.4 Å². The van der Waals surface area contributed by atoms with Gasteiger partial charge in [-0.15, -0.1) is 0 Å². The Morgan fingerprint density at radius 3 is 2.57 bits per heavy atom. The third kappa shape index (κ3) is 7.18. The minimum atomic E-state index is -1.89. The van der Waals surface area contributed by atoms with Crippen LogP contribution in [0.4, 0.5) is 18.0 Å². The van der Waals surface area contributed by atoms with E-state index in [0.717, 1.165) is 25.3 Å². The molecular formula is C28H44F3N3O3. The predicted octanol–water partition coefficient (Wildman–Crippen LogP) is 5.07. The van der Waals surface area contributed by atoms with Gasteiger partial charge < -0.3 is 25.8 Å². The van der Waals surface area contributed by atoms with E-state index in [4.69, 9.17) is 10.5 Å². The van der Waals surface area contributed by atoms with Crippen LogP contribution in [-0.4, -0.2) is 55.9 Å². The van der Waals surface area contributed by atoms with Gasteiger partial charge in [0.05, 0.1) is 5.60 Å². The van der Waals surface area contributed by atoms with Gasteiger partial charge in [-0.05, 0) is 70.0 Å². The van der Waals surface area contributed by atoms with E-state index in [9.17, 15) is 18.7 Å². The Labute approximate surface area is 219 Å². The number of halogens is 3. The highest BCUT2D eigenvalue weighted by Gasteiger charge is 2.51. The van der Waals surface area contributed by atoms with Crippen molar-refractivity contribution in [2.75, 3.05) is 33.9 Å². The number of piperidine rings is 1. The number of rotatable bonds is 12. The molecule has 1 aliphatic carbocycles. The zero-order valence-corrected chi connectivity index (χ0v) is 22.3. The van der Waals surface area contributed by atoms with Crippen LogP contribution < -0.4 is 11.1 Å². The first-order valence-electron chi connectivity index (χ1n) is 13.8. The molecule has 210 valence electrons. The number of benzene rings is 1. The number of ether oxygens (including phenoxy) is 1. The Bertz CT molecular complexity index is 884. The maximum absolute atomic E-state index is 15.3. The number of urea groups is 1. The first-order valence-corrected chi connectivity index (χ1v) is 13.8. The lowest BCUT2D eigenvalue weighted by Crippen LogP contribution is -2.60. The molecule has 6 nitrogen and oxygen atoms in total. The van der Waals surface area contributed by atoms with Crippen LogP contribution >= 0.6 is 0 Å². The van der Waals surface area contributed by atoms with Crippen LogP contribution in [-0.2, 0) is 10.3 Å². The summed E-state index contributed by atoms with van der Waals surface area (Å²) in [5.74, 6) is -3.74. The minimum absolute atomic E-state index is 0.0575. The molecule has 1 heterocycles. The first-order chi connectivity index (χ1) is 17.7. The average Bonchev–Trinajstić information content (AvgIpc) is 2.88. The number of nitrogens with two attached hydrogens (primary N) is 1. The van der Waals surface area contributed by atoms with E-state index in [1.807, 2.05) is 7.05 Å². The minimum Gasteiger partial charge on any atom is -0.385 e. The smallest absolute Gasteiger partial charge is 0.315 e. The molecule has 1 saturated carbocycles. The van der Waals surface area contributed by atoms with Crippen LogP contribution in [0.15, 0.2) is 12.1 Å². The Balaban J connectivity index is 2.08. The fraction of sp³-hybridized carbons (Fsp3) is 0.750. The molecule has 2 amide bonds. The van der Waals surface area contributed by atoms with Gasteiger partial charge in [0.2, 0.25) is 0 Å². The second-order valence-corrected chi connectivity index (χ2v) is 11.0. The van der Waals surface area contributed by atoms with Crippen molar-refractivity contribution in [1.29, 1.82) is 0 Å². The molecule has 9 heteroatoms. The van der Waals surface area contributed by atoms with Crippen molar-refractivity contribution >= 4 is 6.03 Å². The molecule has 1 aromatic rings. The number of amides is 2. The molecule has 1 aliphatic heterocycles. The Morgan fingerprint density at radius 1 is 1.19 bits per heavy atom. The second-order valence-electron chi connectivity index (χ2n) is 11.0. The fourth-order valence-corrected chi connectivity index (χ4v) is 6.87. The highest BCUT2D eigenvalue weighted by molar-refractivity contribution is 5.72. The van der Waals surface area contributed by atoms with Gasteiger partial charge in [-0.1, -0.05) is 32.1 Å². The molecule has 0 aromatic heterocycles. The first kappa shape index (κ1) is 29.7. The predicted molar refractivity (Wildman–Crippen MR) is 137 cm³/mol. The van der Waals surface area contributed by atoms with Crippen LogP contribution in [0.5, 0.6) is 0 Å². The zero-order valence-electron chi connectivity index (χ0n) is 22.3. The summed E-state index contributed by atoms with van der Waals surface area (Å²) in [5.41, 5.74) is 3.59. The number of nitrogens with zero attached hydrogens (tertiary/aromatic N) is 1. The highest BCUT2D eigenvalue weighted by Crippen LogP contribution is 2.47. The van der Waals surface area contributed by atoms with Crippen LogP contribution in [0.3, 0.4) is 0 Å². The summed E-state index contributed by atoms with van der Waals surface area (Å²) in [6, 6.07) is 0.305. The number of unbranched alkanes of at least 4 members (excludes halogenated alkanes) is 1. The van der Waals surface area contributed by atoms with Crippen LogP contribution in [0.2, 0.25) is 0 Å². The topological polar surface area (TPSA) is 87.8 Å². The lowest BCUT2D eigenvalue weighted by molar-refractivity contribution is -0.0958. The number of aliphatic hydroxyl groups is 1. The van der Waals surface area contributed by atoms with Gasteiger partial charge in [0.1, 0.15) is 5.82 Å². The van der Waals surface area contributed by atoms with Gasteiger partial charge in [-0.3, -0.25) is 0 Å². The number of nitrogens with one attached hydrogen (secondary N) is 1. The molecule has 37 heavy (non-hydrogen) atoms. The van der Waals surface area contributed by atoms with Gasteiger partial charge in [0, 0.05) is 43.9 Å². The second kappa shape index (κ2) is 13.8. The number of likely N-dealkylation sites (tertiary alicyclic amines) is 1. The van der Waals surface area contributed by atoms with Crippen LogP contribution in [0.25, 0.3) is 0 Å². The van der Waals surface area contributed by atoms with Crippen molar-refractivity contribution in [3.8, 4) is 0 Å². The van der Waals surface area contributed by atoms with Crippen LogP contribution in [0, 0.1) is 35.2 Å². The zero-order chi connectivity index (χ0) is 27.0. The molecule has 2 aliphatic rings. The highest BCUT2D eigenvalue weighted by atomic mass is 19.2. The van der Waals surface area contributed by atoms with Crippen molar-refractivity contribution in [3.05, 3.63) is 35.1 Å². The summed E-state index contributed by atoms with van der Waals surface area (Å²) < 4.78 is 49.2. The summed E-state index contributed by atoms with van der Waals surface area (Å²) in [6.45, 7) is 1.46. The lowest BCUT2D eigenvalue weighted by atomic mass is 9.65. The standard InChI is InChI=1S/C28H44F3N3O3/c1-33-18-20(15-19-9-4-3-5-10-19)26-22(11-8-13-34(26)27(32)35)28(36,12-6-7-14-37-2)23-16-21(29)17-24(30)25(23)31/h16-17,19-20,22,26,33,36H,3-15,18H2,1-2H3,(H2,32,35)/t20-,22?,26?,28-/m0/s1. The molecule has 3 rings (SSSR count). The molecule has 1 aromatic carbocycles. The molecule has 0 radical (unpaired) electrons. The third-order valence-corrected chi connectivity index (χ3v) is 8.51. The van der Waals surface area contributed by atoms with Crippen molar-refractivity contribution in [3.63, 3.8) is 0 Å². The van der Waals surface area contributed by atoms with Gasteiger partial charge in [0.25, 0.3) is 0 Å². The molecule has 2 unspecified atom stereocenters. The number of carbonyl (C=O) groups excluding carboxylic acids is 1. The number of hydrogen-bond donors (Lipinski definition) is 3. The number of hydrogen-bond acceptors (Lipinski definition) is 4. The number of methoxy groups -OCH3 is 1. The third-order valence-electron chi connectivity index (χ3n) is 8.51. The van der Waals surface area contributed by atoms with E-state index in [1.54, 1.807) is 12.0 Å². The molecule has 2 fully saturated rings. The van der Waals surface area contributed by atoms with Gasteiger partial charge in [-0.2, -0.15) is 0 Å². The van der Waals surface area contributed by atoms with Crippen molar-refractivity contribution in [1.82, 2.24) is 10.2 Å². The fourth-order valence-electron chi connectivity index (χ4n) is 6.87. The van der Waals surface area contributed by atoms with E-state index in [-0.39, 0.29) is 17.9 Å². The molecule has 1 saturated heterocycles. The van der Waals surface area contributed by atoms with Gasteiger partial charge in [0.15, 0.2) is 11.6 Å². The quantitative estimate of drug-likeness (QED) is 0.262. The van der Waals surface area contributed by atoms with Gasteiger partial charge >= 0.3 is 6.03 Å². The lowest BCUT2D eigenvalue weighted by Gasteiger charge is -2.51. The number of carbonyl (C=O) groups is 1. The Morgan fingerprint density at radius 2 is 1.92 bits per heavy atom. The molecule has 4 N–H and O–H groups in total. The van der Waals surface area contributed by atoms with Crippen LogP contribution in [0.1, 0.15) is 76.2 Å². The van der Waals surface area contributed by atoms with Crippen molar-refractivity contribution in [2.45, 2.75) is 82.3 Å². The molecular weight excluding hydrogens is 483 g/mol. The molecule has 4 atom stereocenters. The maximum atomic E-state index is 15.3. The molecule has 0 spiro atoms. The summed E-state index contributed by atoms with van der Waals surface area (Å²) >= 11 is 0.